The molecule has 26 heavy (non-hydrogen) atoms. The number of nitrogens with zero attached hydrogens (tertiary/aromatic N) is 1. The minimum Gasteiger partial charge on any atom is -0.497 e. The number of hydrogen-bond donors (Lipinski definition) is 1. The number of benzene rings is 2. The summed E-state index contributed by atoms with van der Waals surface area (Å²) < 4.78 is 32.9. The first-order chi connectivity index (χ1) is 12.4. The molecule has 0 aliphatic carbocycles. The van der Waals surface area contributed by atoms with Crippen molar-refractivity contribution in [2.75, 3.05) is 25.1 Å². The lowest BCUT2D eigenvalue weighted by atomic mass is 10.1. The molecule has 0 spiro atoms. The molecule has 138 valence electrons. The average Bonchev–Trinajstić information content (AvgIpc) is 3.01. The van der Waals surface area contributed by atoms with Crippen molar-refractivity contribution in [3.05, 3.63) is 54.1 Å². The van der Waals surface area contributed by atoms with E-state index in [2.05, 4.69) is 4.72 Å². The molecule has 1 N–H and O–H groups in total. The fourth-order valence-corrected chi connectivity index (χ4v) is 4.47. The minimum atomic E-state index is -3.64. The summed E-state index contributed by atoms with van der Waals surface area (Å²) in [7, 11) is -2.10. The van der Waals surface area contributed by atoms with Gasteiger partial charge in [-0.05, 0) is 48.7 Å². The zero-order chi connectivity index (χ0) is 18.7. The van der Waals surface area contributed by atoms with Crippen LogP contribution in [0.1, 0.15) is 12.0 Å². The van der Waals surface area contributed by atoms with Gasteiger partial charge in [0, 0.05) is 25.2 Å². The number of carbonyl (C=O) groups is 1. The van der Waals surface area contributed by atoms with Gasteiger partial charge < -0.3 is 9.64 Å². The van der Waals surface area contributed by atoms with E-state index in [-0.39, 0.29) is 23.3 Å². The number of aryl methyl sites for hydroxylation is 1. The summed E-state index contributed by atoms with van der Waals surface area (Å²) in [6.07, 6.45) is 0.332. The monoisotopic (exact) mass is 374 g/mol. The van der Waals surface area contributed by atoms with Gasteiger partial charge in [0.15, 0.2) is 0 Å². The highest BCUT2D eigenvalue weighted by Gasteiger charge is 2.31. The standard InChI is InChI=1S/C19H22N2O4S/c1-14-10-17(25-2)8-9-18(14)26(23,24)20-12-15-11-19(22)21(13-15)16-6-4-3-5-7-16/h3-10,15,20H,11-13H2,1-2H3. The Labute approximate surface area is 153 Å². The Hall–Kier alpha value is -2.38. The third kappa shape index (κ3) is 3.89. The van der Waals surface area contributed by atoms with Crippen molar-refractivity contribution in [2.24, 2.45) is 5.92 Å². The Kier molecular flexibility index (Phi) is 5.29. The number of hydrogen-bond acceptors (Lipinski definition) is 4. The van der Waals surface area contributed by atoms with Crippen LogP contribution in [0, 0.1) is 12.8 Å². The molecule has 2 aromatic carbocycles. The topological polar surface area (TPSA) is 75.7 Å². The van der Waals surface area contributed by atoms with E-state index in [0.717, 1.165) is 5.69 Å². The Balaban J connectivity index is 1.66. The maximum atomic E-state index is 12.6. The molecule has 6 nitrogen and oxygen atoms in total. The number of methoxy groups -OCH3 is 1. The average molecular weight is 374 g/mol. The number of amides is 1. The van der Waals surface area contributed by atoms with Crippen LogP contribution in [-0.4, -0.2) is 34.5 Å². The maximum absolute atomic E-state index is 12.6. The van der Waals surface area contributed by atoms with Crippen LogP contribution in [0.2, 0.25) is 0 Å². The molecule has 0 saturated carbocycles. The lowest BCUT2D eigenvalue weighted by Crippen LogP contribution is -2.31. The van der Waals surface area contributed by atoms with Crippen LogP contribution < -0.4 is 14.4 Å². The quantitative estimate of drug-likeness (QED) is 0.842. The maximum Gasteiger partial charge on any atom is 0.240 e. The van der Waals surface area contributed by atoms with E-state index in [9.17, 15) is 13.2 Å². The molecule has 1 amide bonds. The fourth-order valence-electron chi connectivity index (χ4n) is 3.13. The number of para-hydroxylation sites is 1. The van der Waals surface area contributed by atoms with Gasteiger partial charge in [-0.2, -0.15) is 0 Å². The number of ether oxygens (including phenoxy) is 1. The predicted molar refractivity (Wildman–Crippen MR) is 99.8 cm³/mol. The third-order valence-corrected chi connectivity index (χ3v) is 6.09. The number of carbonyl (C=O) groups excluding carboxylic acids is 1. The normalized spacial score (nSPS) is 17.5. The molecule has 1 fully saturated rings. The van der Waals surface area contributed by atoms with Crippen molar-refractivity contribution in [1.82, 2.24) is 4.72 Å². The number of nitrogens with one attached hydrogen (secondary N) is 1. The van der Waals surface area contributed by atoms with Crippen molar-refractivity contribution >= 4 is 21.6 Å². The van der Waals surface area contributed by atoms with Crippen LogP contribution >= 0.6 is 0 Å². The summed E-state index contributed by atoms with van der Waals surface area (Å²) in [5.74, 6) is 0.568. The molecule has 2 aromatic rings. The summed E-state index contributed by atoms with van der Waals surface area (Å²) >= 11 is 0. The van der Waals surface area contributed by atoms with Crippen molar-refractivity contribution < 1.29 is 17.9 Å². The molecule has 7 heteroatoms. The molecule has 1 atom stereocenters. The first-order valence-corrected chi connectivity index (χ1v) is 9.89. The van der Waals surface area contributed by atoms with Crippen molar-refractivity contribution in [1.29, 1.82) is 0 Å². The zero-order valence-corrected chi connectivity index (χ0v) is 15.6. The van der Waals surface area contributed by atoms with Gasteiger partial charge in [0.2, 0.25) is 15.9 Å². The van der Waals surface area contributed by atoms with E-state index in [1.54, 1.807) is 24.0 Å². The largest absolute Gasteiger partial charge is 0.497 e. The summed E-state index contributed by atoms with van der Waals surface area (Å²) in [5, 5.41) is 0. The molecule has 1 heterocycles. The van der Waals surface area contributed by atoms with E-state index < -0.39 is 10.0 Å². The molecule has 1 aliphatic heterocycles. The van der Waals surface area contributed by atoms with E-state index in [1.165, 1.54) is 13.2 Å². The van der Waals surface area contributed by atoms with Crippen molar-refractivity contribution in [3.8, 4) is 5.75 Å². The molecule has 1 saturated heterocycles. The Morgan fingerprint density at radius 1 is 1.19 bits per heavy atom. The lowest BCUT2D eigenvalue weighted by Gasteiger charge is -2.17. The third-order valence-electron chi connectivity index (χ3n) is 4.51. The summed E-state index contributed by atoms with van der Waals surface area (Å²) in [5.41, 5.74) is 1.46. The van der Waals surface area contributed by atoms with Crippen LogP contribution in [0.4, 0.5) is 5.69 Å². The Bertz CT molecular complexity index is 897. The van der Waals surface area contributed by atoms with Crippen LogP contribution in [0.25, 0.3) is 0 Å². The van der Waals surface area contributed by atoms with Crippen LogP contribution in [0.5, 0.6) is 5.75 Å². The summed E-state index contributed by atoms with van der Waals surface area (Å²) in [6.45, 7) is 2.46. The second-order valence-corrected chi connectivity index (χ2v) is 8.13. The molecule has 0 radical (unpaired) electrons. The molecule has 0 aromatic heterocycles. The number of anilines is 1. The fraction of sp³-hybridized carbons (Fsp3) is 0.316. The van der Waals surface area contributed by atoms with Gasteiger partial charge in [0.1, 0.15) is 5.75 Å². The van der Waals surface area contributed by atoms with E-state index in [0.29, 0.717) is 24.3 Å². The van der Waals surface area contributed by atoms with E-state index >= 15 is 0 Å². The zero-order valence-electron chi connectivity index (χ0n) is 14.8. The highest BCUT2D eigenvalue weighted by atomic mass is 32.2. The SMILES string of the molecule is COc1ccc(S(=O)(=O)NCC2CC(=O)N(c3ccccc3)C2)c(C)c1. The highest BCUT2D eigenvalue weighted by Crippen LogP contribution is 2.25. The second-order valence-electron chi connectivity index (χ2n) is 6.39. The van der Waals surface area contributed by atoms with Gasteiger partial charge in [-0.25, -0.2) is 13.1 Å². The molecule has 1 aliphatic rings. The van der Waals surface area contributed by atoms with E-state index in [1.807, 2.05) is 30.3 Å². The Morgan fingerprint density at radius 2 is 1.92 bits per heavy atom. The smallest absolute Gasteiger partial charge is 0.240 e. The molecular formula is C19H22N2O4S. The second kappa shape index (κ2) is 7.47. The summed E-state index contributed by atoms with van der Waals surface area (Å²) in [6, 6.07) is 14.3. The predicted octanol–water partition coefficient (Wildman–Crippen LogP) is 2.34. The Morgan fingerprint density at radius 3 is 2.58 bits per heavy atom. The highest BCUT2D eigenvalue weighted by molar-refractivity contribution is 7.89. The van der Waals surface area contributed by atoms with Crippen molar-refractivity contribution in [3.63, 3.8) is 0 Å². The van der Waals surface area contributed by atoms with E-state index in [4.69, 9.17) is 4.74 Å². The van der Waals surface area contributed by atoms with Gasteiger partial charge in [-0.3, -0.25) is 4.79 Å². The van der Waals surface area contributed by atoms with Gasteiger partial charge in [-0.15, -0.1) is 0 Å². The van der Waals surface area contributed by atoms with Crippen LogP contribution in [0.3, 0.4) is 0 Å². The van der Waals surface area contributed by atoms with Gasteiger partial charge in [-0.1, -0.05) is 18.2 Å². The first kappa shape index (κ1) is 18.4. The lowest BCUT2D eigenvalue weighted by molar-refractivity contribution is -0.117. The molecule has 1 unspecified atom stereocenters. The van der Waals surface area contributed by atoms with Crippen LogP contribution in [0.15, 0.2) is 53.4 Å². The van der Waals surface area contributed by atoms with Crippen LogP contribution in [-0.2, 0) is 14.8 Å². The van der Waals surface area contributed by atoms with Gasteiger partial charge in [0.05, 0.1) is 12.0 Å². The molecule has 3 rings (SSSR count). The van der Waals surface area contributed by atoms with Gasteiger partial charge >= 0.3 is 0 Å². The van der Waals surface area contributed by atoms with Gasteiger partial charge in [0.25, 0.3) is 0 Å². The van der Waals surface area contributed by atoms with Crippen molar-refractivity contribution in [2.45, 2.75) is 18.2 Å². The number of rotatable bonds is 6. The molecular weight excluding hydrogens is 352 g/mol. The first-order valence-electron chi connectivity index (χ1n) is 8.40. The minimum absolute atomic E-state index is 0.0148. The molecule has 0 bridgehead atoms. The summed E-state index contributed by atoms with van der Waals surface area (Å²) in [4.78, 5) is 14.2. The number of sulfonamides is 1.